The van der Waals surface area contributed by atoms with E-state index in [4.69, 9.17) is 9.15 Å². The zero-order chi connectivity index (χ0) is 19.2. The van der Waals surface area contributed by atoms with Crippen LogP contribution in [0.3, 0.4) is 0 Å². The molecule has 26 heavy (non-hydrogen) atoms. The number of hydrogen-bond donors (Lipinski definition) is 2. The molecule has 2 amide bonds. The van der Waals surface area contributed by atoms with Crippen molar-refractivity contribution in [3.63, 3.8) is 0 Å². The van der Waals surface area contributed by atoms with Gasteiger partial charge < -0.3 is 19.8 Å². The SMILES string of the molecule is C[C@H]1CN(S(=O)(=O)CCNC(=O)CCNC(=O)c2ccco2)C[C@H](C)O1. The Balaban J connectivity index is 1.66. The third-order valence-electron chi connectivity index (χ3n) is 3.84. The van der Waals surface area contributed by atoms with Gasteiger partial charge >= 0.3 is 0 Å². The number of carbonyl (C=O) groups is 2. The maximum Gasteiger partial charge on any atom is 0.286 e. The van der Waals surface area contributed by atoms with E-state index in [1.807, 2.05) is 13.8 Å². The van der Waals surface area contributed by atoms with E-state index in [0.29, 0.717) is 13.1 Å². The first-order valence-corrected chi connectivity index (χ1v) is 10.1. The molecule has 0 radical (unpaired) electrons. The highest BCUT2D eigenvalue weighted by atomic mass is 32.2. The third-order valence-corrected chi connectivity index (χ3v) is 5.65. The highest BCUT2D eigenvalue weighted by Gasteiger charge is 2.30. The van der Waals surface area contributed by atoms with Crippen LogP contribution < -0.4 is 10.6 Å². The number of nitrogens with zero attached hydrogens (tertiary/aromatic N) is 1. The van der Waals surface area contributed by atoms with Crippen LogP contribution in [0.5, 0.6) is 0 Å². The lowest BCUT2D eigenvalue weighted by Gasteiger charge is -2.34. The molecule has 9 nitrogen and oxygen atoms in total. The van der Waals surface area contributed by atoms with Gasteiger partial charge in [0.15, 0.2) is 5.76 Å². The number of morpholine rings is 1. The molecule has 0 saturated carbocycles. The summed E-state index contributed by atoms with van der Waals surface area (Å²) >= 11 is 0. The summed E-state index contributed by atoms with van der Waals surface area (Å²) in [6.07, 6.45) is 1.14. The molecule has 10 heteroatoms. The lowest BCUT2D eigenvalue weighted by atomic mass is 10.3. The Morgan fingerprint density at radius 1 is 1.19 bits per heavy atom. The van der Waals surface area contributed by atoms with Gasteiger partial charge in [0.05, 0.1) is 24.2 Å². The Kier molecular flexibility index (Phi) is 7.18. The van der Waals surface area contributed by atoms with Crippen LogP contribution in [0.4, 0.5) is 0 Å². The number of rotatable bonds is 8. The number of sulfonamides is 1. The number of furan rings is 1. The molecular weight excluding hydrogens is 362 g/mol. The molecule has 1 saturated heterocycles. The van der Waals surface area contributed by atoms with E-state index in [9.17, 15) is 18.0 Å². The average Bonchev–Trinajstić information content (AvgIpc) is 3.08. The Morgan fingerprint density at radius 2 is 1.88 bits per heavy atom. The fourth-order valence-electron chi connectivity index (χ4n) is 2.68. The Morgan fingerprint density at radius 3 is 2.50 bits per heavy atom. The van der Waals surface area contributed by atoms with Crippen LogP contribution in [-0.4, -0.2) is 68.7 Å². The van der Waals surface area contributed by atoms with Crippen LogP contribution in [0.25, 0.3) is 0 Å². The second kappa shape index (κ2) is 9.15. The van der Waals surface area contributed by atoms with Gasteiger partial charge in [-0.05, 0) is 26.0 Å². The van der Waals surface area contributed by atoms with Gasteiger partial charge in [-0.2, -0.15) is 4.31 Å². The van der Waals surface area contributed by atoms with Crippen molar-refractivity contribution in [3.05, 3.63) is 24.2 Å². The summed E-state index contributed by atoms with van der Waals surface area (Å²) in [6, 6.07) is 3.12. The lowest BCUT2D eigenvalue weighted by Crippen LogP contribution is -2.49. The van der Waals surface area contributed by atoms with E-state index in [-0.39, 0.29) is 49.1 Å². The summed E-state index contributed by atoms with van der Waals surface area (Å²) in [5.41, 5.74) is 0. The fourth-order valence-corrected chi connectivity index (χ4v) is 4.17. The van der Waals surface area contributed by atoms with Crippen molar-refractivity contribution in [3.8, 4) is 0 Å². The van der Waals surface area contributed by atoms with Gasteiger partial charge in [0.2, 0.25) is 15.9 Å². The van der Waals surface area contributed by atoms with Crippen molar-refractivity contribution in [2.24, 2.45) is 0 Å². The van der Waals surface area contributed by atoms with E-state index in [1.54, 1.807) is 6.07 Å². The first-order chi connectivity index (χ1) is 12.3. The standard InChI is InChI=1S/C16H25N3O6S/c1-12-10-19(11-13(2)25-12)26(22,23)9-7-17-15(20)5-6-18-16(21)14-4-3-8-24-14/h3-4,8,12-13H,5-7,9-11H2,1-2H3,(H,17,20)(H,18,21)/t12-,13-/m0/s1. The van der Waals surface area contributed by atoms with Crippen LogP contribution >= 0.6 is 0 Å². The molecule has 2 heterocycles. The highest BCUT2D eigenvalue weighted by Crippen LogP contribution is 2.14. The molecular formula is C16H25N3O6S. The number of hydrogen-bond acceptors (Lipinski definition) is 6. The van der Waals surface area contributed by atoms with E-state index in [0.717, 1.165) is 0 Å². The topological polar surface area (TPSA) is 118 Å². The molecule has 1 aliphatic heterocycles. The van der Waals surface area contributed by atoms with Crippen LogP contribution in [0.2, 0.25) is 0 Å². The number of ether oxygens (including phenoxy) is 1. The summed E-state index contributed by atoms with van der Waals surface area (Å²) in [6.45, 7) is 4.46. The van der Waals surface area contributed by atoms with Crippen molar-refractivity contribution >= 4 is 21.8 Å². The maximum atomic E-state index is 12.3. The minimum Gasteiger partial charge on any atom is -0.459 e. The minimum atomic E-state index is -3.45. The molecule has 0 spiro atoms. The molecule has 2 rings (SSSR count). The first kappa shape index (κ1) is 20.4. The Bertz CT molecular complexity index is 694. The van der Waals surface area contributed by atoms with E-state index in [1.165, 1.54) is 16.6 Å². The van der Waals surface area contributed by atoms with Crippen molar-refractivity contribution in [1.29, 1.82) is 0 Å². The third kappa shape index (κ3) is 6.11. The zero-order valence-corrected chi connectivity index (χ0v) is 15.8. The summed E-state index contributed by atoms with van der Waals surface area (Å²) in [4.78, 5) is 23.4. The van der Waals surface area contributed by atoms with Gasteiger partial charge in [-0.25, -0.2) is 8.42 Å². The second-order valence-electron chi connectivity index (χ2n) is 6.22. The zero-order valence-electron chi connectivity index (χ0n) is 14.9. The molecule has 0 aliphatic carbocycles. The molecule has 0 bridgehead atoms. The van der Waals surface area contributed by atoms with E-state index < -0.39 is 15.9 Å². The molecule has 1 aromatic heterocycles. The van der Waals surface area contributed by atoms with Crippen molar-refractivity contribution in [1.82, 2.24) is 14.9 Å². The monoisotopic (exact) mass is 387 g/mol. The molecule has 1 aliphatic rings. The predicted octanol–water partition coefficient (Wildman–Crippen LogP) is -0.0453. The minimum absolute atomic E-state index is 0.0212. The highest BCUT2D eigenvalue weighted by molar-refractivity contribution is 7.89. The van der Waals surface area contributed by atoms with Gasteiger partial charge in [0.25, 0.3) is 5.91 Å². The van der Waals surface area contributed by atoms with Crippen LogP contribution in [-0.2, 0) is 19.6 Å². The number of nitrogens with one attached hydrogen (secondary N) is 2. The molecule has 2 atom stereocenters. The molecule has 0 unspecified atom stereocenters. The van der Waals surface area contributed by atoms with E-state index >= 15 is 0 Å². The van der Waals surface area contributed by atoms with Crippen molar-refractivity contribution in [2.75, 3.05) is 31.9 Å². The second-order valence-corrected chi connectivity index (χ2v) is 8.31. The quantitative estimate of drug-likeness (QED) is 0.646. The first-order valence-electron chi connectivity index (χ1n) is 8.49. The van der Waals surface area contributed by atoms with Crippen molar-refractivity contribution in [2.45, 2.75) is 32.5 Å². The molecule has 1 fully saturated rings. The fraction of sp³-hybridized carbons (Fsp3) is 0.625. The smallest absolute Gasteiger partial charge is 0.286 e. The molecule has 1 aromatic rings. The number of amides is 2. The van der Waals surface area contributed by atoms with Gasteiger partial charge in [-0.3, -0.25) is 9.59 Å². The van der Waals surface area contributed by atoms with Gasteiger partial charge in [-0.15, -0.1) is 0 Å². The summed E-state index contributed by atoms with van der Waals surface area (Å²) in [5.74, 6) is -0.730. The molecule has 2 N–H and O–H groups in total. The summed E-state index contributed by atoms with van der Waals surface area (Å²) < 4.78 is 36.6. The molecule has 0 aromatic carbocycles. The van der Waals surface area contributed by atoms with Gasteiger partial charge in [-0.1, -0.05) is 0 Å². The van der Waals surface area contributed by atoms with E-state index in [2.05, 4.69) is 10.6 Å². The summed E-state index contributed by atoms with van der Waals surface area (Å²) in [7, 11) is -3.45. The molecule has 146 valence electrons. The van der Waals surface area contributed by atoms with Gasteiger partial charge in [0.1, 0.15) is 0 Å². The van der Waals surface area contributed by atoms with Crippen molar-refractivity contribution < 1.29 is 27.2 Å². The predicted molar refractivity (Wildman–Crippen MR) is 94.0 cm³/mol. The van der Waals surface area contributed by atoms with Crippen LogP contribution in [0.15, 0.2) is 22.8 Å². The lowest BCUT2D eigenvalue weighted by molar-refractivity contribution is -0.120. The Hall–Kier alpha value is -1.91. The Labute approximate surface area is 153 Å². The van der Waals surface area contributed by atoms with Crippen LogP contribution in [0, 0.1) is 0 Å². The number of carbonyl (C=O) groups excluding carboxylic acids is 2. The largest absolute Gasteiger partial charge is 0.459 e. The normalized spacial score (nSPS) is 21.3. The average molecular weight is 387 g/mol. The van der Waals surface area contributed by atoms with Crippen LogP contribution in [0.1, 0.15) is 30.8 Å². The summed E-state index contributed by atoms with van der Waals surface area (Å²) in [5, 5.41) is 5.11. The maximum absolute atomic E-state index is 12.3. The van der Waals surface area contributed by atoms with Gasteiger partial charge in [0, 0.05) is 32.6 Å².